The predicted octanol–water partition coefficient (Wildman–Crippen LogP) is 6.50. The third kappa shape index (κ3) is 14.0. The van der Waals surface area contributed by atoms with Crippen LogP contribution in [0, 0.1) is 41.4 Å². The van der Waals surface area contributed by atoms with Crippen molar-refractivity contribution in [3.05, 3.63) is 35.4 Å². The summed E-state index contributed by atoms with van der Waals surface area (Å²) < 4.78 is 12.2. The number of rotatable bonds is 29. The third-order valence-corrected chi connectivity index (χ3v) is 16.6. The lowest BCUT2D eigenvalue weighted by atomic mass is 9.83. The van der Waals surface area contributed by atoms with Gasteiger partial charge >= 0.3 is 0 Å². The Balaban J connectivity index is 1.15. The van der Waals surface area contributed by atoms with E-state index in [-0.39, 0.29) is 115 Å². The first-order valence-corrected chi connectivity index (χ1v) is 26.3. The van der Waals surface area contributed by atoms with E-state index in [1.54, 1.807) is 33.1 Å². The van der Waals surface area contributed by atoms with Gasteiger partial charge in [0.2, 0.25) is 23.6 Å². The number of hydrogen-bond acceptors (Lipinski definition) is 11. The summed E-state index contributed by atoms with van der Waals surface area (Å²) in [6.07, 6.45) is 8.14. The molecular formula is C55H86N4O10. The van der Waals surface area contributed by atoms with Crippen LogP contribution < -0.4 is 0 Å². The number of carbonyl (C=O) groups excluding carboxylic acids is 7. The van der Waals surface area contributed by atoms with Crippen LogP contribution in [0.3, 0.4) is 0 Å². The van der Waals surface area contributed by atoms with Crippen molar-refractivity contribution in [1.82, 2.24) is 19.6 Å². The Morgan fingerprint density at radius 2 is 1.65 bits per heavy atom. The predicted molar refractivity (Wildman–Crippen MR) is 265 cm³/mol. The van der Waals surface area contributed by atoms with Gasteiger partial charge in [0, 0.05) is 96.9 Å². The van der Waals surface area contributed by atoms with Crippen LogP contribution in [0.4, 0.5) is 0 Å². The number of Topliss-reactive ketones (excluding diaryl/α,β-unsaturated/α-hetero) is 3. The van der Waals surface area contributed by atoms with E-state index in [1.807, 2.05) is 57.0 Å². The molecule has 2 bridgehead atoms. The standard InChI is InChI=1S/C55H86N4O10/c1-11-35(4)51(57(8)55(67)44(34(2)3)31-47(63)52-41-21-22-42(30-41)56(52)7)48(68-9)32-50(65)58-24-16-20-45(58)53(69-10)37(6)46(62)29-40(33-60)27-38-17-15-18-39(26-38)28-43(61)19-13-12-14-23-59-49(64)25-36(5)54(59)66/h15,17-18,26,34-37,40-42,44-45,48,51-53,60H,11-14,16,19-25,27-33H2,1-10H3/t35-,36?,37-,40+,41-,42+,44-,45-,48+,51-,52-,53+/m0/s1. The average Bonchev–Trinajstić information content (AvgIpc) is 4.12. The molecule has 1 aromatic rings. The molecule has 1 unspecified atom stereocenters. The van der Waals surface area contributed by atoms with Gasteiger partial charge in [-0.1, -0.05) is 78.6 Å². The number of piperidine rings is 1. The number of fused-ring (bicyclic) bond motifs is 2. The van der Waals surface area contributed by atoms with E-state index in [0.29, 0.717) is 57.2 Å². The van der Waals surface area contributed by atoms with E-state index in [9.17, 15) is 38.7 Å². The molecule has 3 heterocycles. The summed E-state index contributed by atoms with van der Waals surface area (Å²) in [5.41, 5.74) is 1.80. The number of aliphatic hydroxyl groups excluding tert-OH is 1. The summed E-state index contributed by atoms with van der Waals surface area (Å²) in [5, 5.41) is 10.5. The van der Waals surface area contributed by atoms with Crippen molar-refractivity contribution in [3.63, 3.8) is 0 Å². The van der Waals surface area contributed by atoms with Crippen LogP contribution in [0.2, 0.25) is 0 Å². The molecule has 4 fully saturated rings. The molecule has 1 aliphatic carbocycles. The number of nitrogens with zero attached hydrogens (tertiary/aromatic N) is 4. The van der Waals surface area contributed by atoms with Crippen LogP contribution in [0.15, 0.2) is 24.3 Å². The second-order valence-electron chi connectivity index (χ2n) is 21.7. The number of amides is 4. The highest BCUT2D eigenvalue weighted by atomic mass is 16.5. The zero-order valence-corrected chi connectivity index (χ0v) is 43.7. The molecule has 5 rings (SSSR count). The number of carbonyl (C=O) groups is 7. The normalized spacial score (nSPS) is 24.7. The minimum absolute atomic E-state index is 0.0000918. The largest absolute Gasteiger partial charge is 0.396 e. The molecule has 69 heavy (non-hydrogen) atoms. The molecule has 0 spiro atoms. The number of hydrogen-bond donors (Lipinski definition) is 1. The van der Waals surface area contributed by atoms with E-state index >= 15 is 0 Å². The fraction of sp³-hybridized carbons (Fsp3) is 0.764. The van der Waals surface area contributed by atoms with Crippen LogP contribution in [0.5, 0.6) is 0 Å². The molecule has 3 aliphatic heterocycles. The van der Waals surface area contributed by atoms with Crippen LogP contribution in [-0.2, 0) is 55.9 Å². The third-order valence-electron chi connectivity index (χ3n) is 16.6. The molecule has 1 saturated carbocycles. The van der Waals surface area contributed by atoms with Crippen molar-refractivity contribution in [2.24, 2.45) is 41.4 Å². The smallest absolute Gasteiger partial charge is 0.232 e. The molecule has 14 nitrogen and oxygen atoms in total. The number of ketones is 3. The Labute approximate surface area is 412 Å². The minimum Gasteiger partial charge on any atom is -0.396 e. The van der Waals surface area contributed by atoms with Gasteiger partial charge in [-0.3, -0.25) is 43.4 Å². The van der Waals surface area contributed by atoms with Gasteiger partial charge in [-0.2, -0.15) is 0 Å². The molecule has 386 valence electrons. The number of methoxy groups -OCH3 is 2. The maximum Gasteiger partial charge on any atom is 0.232 e. The lowest BCUT2D eigenvalue weighted by Gasteiger charge is -2.41. The van der Waals surface area contributed by atoms with E-state index < -0.39 is 30.1 Å². The summed E-state index contributed by atoms with van der Waals surface area (Å²) in [5.74, 6) is -1.58. The Hall–Kier alpha value is -3.85. The number of benzene rings is 1. The molecular weight excluding hydrogens is 877 g/mol. The van der Waals surface area contributed by atoms with Crippen molar-refractivity contribution in [3.8, 4) is 0 Å². The minimum atomic E-state index is -0.605. The van der Waals surface area contributed by atoms with Gasteiger partial charge in [0.25, 0.3) is 0 Å². The van der Waals surface area contributed by atoms with Crippen molar-refractivity contribution in [2.45, 2.75) is 181 Å². The fourth-order valence-electron chi connectivity index (χ4n) is 12.3. The van der Waals surface area contributed by atoms with Gasteiger partial charge in [0.15, 0.2) is 5.78 Å². The highest BCUT2D eigenvalue weighted by Crippen LogP contribution is 2.43. The topological polar surface area (TPSA) is 171 Å². The lowest BCUT2D eigenvalue weighted by molar-refractivity contribution is -0.149. The molecule has 14 heteroatoms. The van der Waals surface area contributed by atoms with Gasteiger partial charge < -0.3 is 24.4 Å². The number of ether oxygens (including phenoxy) is 2. The Bertz CT molecular complexity index is 1940. The zero-order chi connectivity index (χ0) is 50.7. The number of likely N-dealkylation sites (N-methyl/N-ethyl adjacent to an activating group) is 2. The maximum absolute atomic E-state index is 14.5. The first kappa shape index (κ1) is 56.1. The number of unbranched alkanes of at least 4 members (excludes halogenated alkanes) is 2. The molecule has 4 amide bonds. The van der Waals surface area contributed by atoms with Crippen LogP contribution in [-0.4, -0.2) is 150 Å². The summed E-state index contributed by atoms with van der Waals surface area (Å²) in [4.78, 5) is 101. The Morgan fingerprint density at radius 1 is 0.928 bits per heavy atom. The van der Waals surface area contributed by atoms with Gasteiger partial charge in [-0.25, -0.2) is 0 Å². The van der Waals surface area contributed by atoms with Crippen molar-refractivity contribution in [2.75, 3.05) is 48.0 Å². The summed E-state index contributed by atoms with van der Waals surface area (Å²) in [7, 11) is 7.01. The Kier molecular flexibility index (Phi) is 21.1. The first-order valence-electron chi connectivity index (χ1n) is 26.3. The molecule has 12 atom stereocenters. The van der Waals surface area contributed by atoms with E-state index in [4.69, 9.17) is 9.47 Å². The van der Waals surface area contributed by atoms with Gasteiger partial charge in [0.05, 0.1) is 36.8 Å². The maximum atomic E-state index is 14.5. The number of aliphatic hydroxyl groups is 1. The lowest BCUT2D eigenvalue weighted by Crippen LogP contribution is -2.54. The summed E-state index contributed by atoms with van der Waals surface area (Å²) >= 11 is 0. The summed E-state index contributed by atoms with van der Waals surface area (Å²) in [6, 6.07) is 7.29. The van der Waals surface area contributed by atoms with E-state index in [2.05, 4.69) is 18.7 Å². The molecule has 0 radical (unpaired) electrons. The SMILES string of the molecule is CC[C@H](C)[C@@H]([C@@H](CC(=O)N1CCC[C@H]1[C@H](OC)[C@@H](C)C(=O)C[C@H](CO)Cc1cccc(CC(=O)CCCCCN2C(=O)CC(C)C2=O)c1)OC)N(C)C(=O)[C@@H](CC(=O)[C@@H]1[C@H]2CC[C@H](C2)N1C)C(C)C. The second-order valence-corrected chi connectivity index (χ2v) is 21.7. The van der Waals surface area contributed by atoms with Crippen molar-refractivity contribution >= 4 is 41.0 Å². The van der Waals surface area contributed by atoms with Crippen LogP contribution >= 0.6 is 0 Å². The van der Waals surface area contributed by atoms with Crippen LogP contribution in [0.25, 0.3) is 0 Å². The number of imide groups is 1. The van der Waals surface area contributed by atoms with Crippen molar-refractivity contribution < 1.29 is 48.1 Å². The fourth-order valence-corrected chi connectivity index (χ4v) is 12.3. The van der Waals surface area contributed by atoms with Gasteiger partial charge in [0.1, 0.15) is 11.6 Å². The average molecular weight is 963 g/mol. The number of likely N-dealkylation sites (tertiary alicyclic amines) is 3. The quantitative estimate of drug-likeness (QED) is 0.0687. The van der Waals surface area contributed by atoms with Gasteiger partial charge in [-0.15, -0.1) is 0 Å². The van der Waals surface area contributed by atoms with E-state index in [0.717, 1.165) is 49.7 Å². The Morgan fingerprint density at radius 3 is 2.26 bits per heavy atom. The zero-order valence-electron chi connectivity index (χ0n) is 43.7. The van der Waals surface area contributed by atoms with E-state index in [1.165, 1.54) is 4.90 Å². The van der Waals surface area contributed by atoms with Crippen molar-refractivity contribution in [1.29, 1.82) is 0 Å². The monoisotopic (exact) mass is 963 g/mol. The van der Waals surface area contributed by atoms with Gasteiger partial charge in [-0.05, 0) is 93.2 Å². The highest BCUT2D eigenvalue weighted by Gasteiger charge is 2.49. The molecule has 4 aliphatic rings. The molecule has 1 aromatic carbocycles. The first-order chi connectivity index (χ1) is 32.8. The molecule has 1 N–H and O–H groups in total. The molecule has 3 saturated heterocycles. The second kappa shape index (κ2) is 26.0. The summed E-state index contributed by atoms with van der Waals surface area (Å²) in [6.45, 7) is 12.5. The molecule has 0 aromatic heterocycles. The van der Waals surface area contributed by atoms with Crippen LogP contribution in [0.1, 0.15) is 143 Å². The highest BCUT2D eigenvalue weighted by molar-refractivity contribution is 6.03.